The lowest BCUT2D eigenvalue weighted by Gasteiger charge is -2.25. The zero-order valence-corrected chi connectivity index (χ0v) is 9.83. The first-order valence-corrected chi connectivity index (χ1v) is 5.91. The number of fused-ring (bicyclic) bond motifs is 1. The largest absolute Gasteiger partial charge is 0.294 e. The lowest BCUT2D eigenvalue weighted by atomic mass is 9.77. The monoisotopic (exact) mass is 214 g/mol. The molecule has 1 aliphatic carbocycles. The van der Waals surface area contributed by atoms with Crippen molar-refractivity contribution in [3.63, 3.8) is 0 Å². The highest BCUT2D eigenvalue weighted by atomic mass is 16.1. The Morgan fingerprint density at radius 2 is 2.19 bits per heavy atom. The SMILES string of the molecule is C=CC[C@]1(C)CCCc2ccccc2C1=O. The maximum atomic E-state index is 12.5. The zero-order chi connectivity index (χ0) is 11.6. The number of rotatable bonds is 2. The molecule has 0 bridgehead atoms. The zero-order valence-electron chi connectivity index (χ0n) is 9.83. The second-order valence-electron chi connectivity index (χ2n) is 4.89. The molecule has 84 valence electrons. The number of allylic oxidation sites excluding steroid dienone is 1. The summed E-state index contributed by atoms with van der Waals surface area (Å²) in [6.45, 7) is 5.84. The van der Waals surface area contributed by atoms with E-state index < -0.39 is 0 Å². The summed E-state index contributed by atoms with van der Waals surface area (Å²) in [5.74, 6) is 0.292. The van der Waals surface area contributed by atoms with E-state index in [9.17, 15) is 4.79 Å². The van der Waals surface area contributed by atoms with Gasteiger partial charge in [-0.1, -0.05) is 37.3 Å². The van der Waals surface area contributed by atoms with Crippen LogP contribution in [0.25, 0.3) is 0 Å². The van der Waals surface area contributed by atoms with Crippen molar-refractivity contribution in [2.75, 3.05) is 0 Å². The Balaban J connectivity index is 2.44. The predicted molar refractivity (Wildman–Crippen MR) is 66.6 cm³/mol. The van der Waals surface area contributed by atoms with Gasteiger partial charge in [0.05, 0.1) is 0 Å². The van der Waals surface area contributed by atoms with Gasteiger partial charge in [0.15, 0.2) is 5.78 Å². The Kier molecular flexibility index (Phi) is 2.95. The fourth-order valence-electron chi connectivity index (χ4n) is 2.58. The summed E-state index contributed by atoms with van der Waals surface area (Å²) in [7, 11) is 0. The summed E-state index contributed by atoms with van der Waals surface area (Å²) in [6.07, 6.45) is 5.72. The van der Waals surface area contributed by atoms with Gasteiger partial charge in [-0.25, -0.2) is 0 Å². The Morgan fingerprint density at radius 3 is 2.94 bits per heavy atom. The molecule has 0 heterocycles. The molecule has 0 N–H and O–H groups in total. The molecular formula is C15H18O. The number of aryl methyl sites for hydroxylation is 1. The van der Waals surface area contributed by atoms with Crippen LogP contribution >= 0.6 is 0 Å². The van der Waals surface area contributed by atoms with E-state index in [-0.39, 0.29) is 5.41 Å². The lowest BCUT2D eigenvalue weighted by molar-refractivity contribution is 0.0809. The Labute approximate surface area is 97.2 Å². The van der Waals surface area contributed by atoms with E-state index in [4.69, 9.17) is 0 Å². The van der Waals surface area contributed by atoms with Crippen LogP contribution in [0.2, 0.25) is 0 Å². The standard InChI is InChI=1S/C15H18O/c1-3-10-15(2)11-6-8-12-7-4-5-9-13(12)14(15)16/h3-5,7,9H,1,6,8,10-11H2,2H3/t15-/m1/s1. The second kappa shape index (κ2) is 4.25. The van der Waals surface area contributed by atoms with Gasteiger partial charge in [-0.15, -0.1) is 6.58 Å². The minimum atomic E-state index is -0.242. The van der Waals surface area contributed by atoms with E-state index in [1.165, 1.54) is 5.56 Å². The van der Waals surface area contributed by atoms with Crippen LogP contribution in [0.5, 0.6) is 0 Å². The summed E-state index contributed by atoms with van der Waals surface area (Å²) in [5, 5.41) is 0. The van der Waals surface area contributed by atoms with E-state index in [1.54, 1.807) is 0 Å². The number of ketones is 1. The highest BCUT2D eigenvalue weighted by molar-refractivity contribution is 6.01. The van der Waals surface area contributed by atoms with Gasteiger partial charge in [0.1, 0.15) is 0 Å². The highest BCUT2D eigenvalue weighted by Crippen LogP contribution is 2.36. The van der Waals surface area contributed by atoms with Crippen LogP contribution in [0, 0.1) is 5.41 Å². The van der Waals surface area contributed by atoms with Crippen molar-refractivity contribution in [3.05, 3.63) is 48.0 Å². The summed E-state index contributed by atoms with van der Waals surface area (Å²) in [4.78, 5) is 12.5. The van der Waals surface area contributed by atoms with Crippen molar-refractivity contribution in [1.82, 2.24) is 0 Å². The predicted octanol–water partition coefficient (Wildman–Crippen LogP) is 3.79. The van der Waals surface area contributed by atoms with Crippen molar-refractivity contribution in [2.45, 2.75) is 32.6 Å². The Bertz CT molecular complexity index is 419. The van der Waals surface area contributed by atoms with E-state index >= 15 is 0 Å². The first kappa shape index (κ1) is 11.1. The molecule has 1 atom stereocenters. The molecule has 0 fully saturated rings. The fourth-order valence-corrected chi connectivity index (χ4v) is 2.58. The summed E-state index contributed by atoms with van der Waals surface area (Å²) < 4.78 is 0. The molecule has 0 aliphatic heterocycles. The van der Waals surface area contributed by atoms with Gasteiger partial charge < -0.3 is 0 Å². The van der Waals surface area contributed by atoms with Gasteiger partial charge in [0.2, 0.25) is 0 Å². The third kappa shape index (κ3) is 1.82. The summed E-state index contributed by atoms with van der Waals surface area (Å²) in [6, 6.07) is 8.01. The molecular weight excluding hydrogens is 196 g/mol. The minimum absolute atomic E-state index is 0.242. The van der Waals surface area contributed by atoms with Crippen molar-refractivity contribution < 1.29 is 4.79 Å². The third-order valence-electron chi connectivity index (χ3n) is 3.58. The van der Waals surface area contributed by atoms with Gasteiger partial charge in [-0.05, 0) is 31.2 Å². The number of carbonyl (C=O) groups is 1. The van der Waals surface area contributed by atoms with Gasteiger partial charge in [0.25, 0.3) is 0 Å². The van der Waals surface area contributed by atoms with Crippen LogP contribution in [0.15, 0.2) is 36.9 Å². The third-order valence-corrected chi connectivity index (χ3v) is 3.58. The average molecular weight is 214 g/mol. The van der Waals surface area contributed by atoms with Crippen molar-refractivity contribution in [3.8, 4) is 0 Å². The fraction of sp³-hybridized carbons (Fsp3) is 0.400. The molecule has 0 saturated heterocycles. The van der Waals surface area contributed by atoms with Gasteiger partial charge in [-0.3, -0.25) is 4.79 Å². The Hall–Kier alpha value is -1.37. The minimum Gasteiger partial charge on any atom is -0.294 e. The second-order valence-corrected chi connectivity index (χ2v) is 4.89. The van der Waals surface area contributed by atoms with Gasteiger partial charge in [0, 0.05) is 11.0 Å². The van der Waals surface area contributed by atoms with Crippen LogP contribution in [-0.4, -0.2) is 5.78 Å². The topological polar surface area (TPSA) is 17.1 Å². The van der Waals surface area contributed by atoms with Crippen LogP contribution in [0.1, 0.15) is 42.1 Å². The lowest BCUT2D eigenvalue weighted by Crippen LogP contribution is -2.26. The van der Waals surface area contributed by atoms with Crippen molar-refractivity contribution in [1.29, 1.82) is 0 Å². The van der Waals surface area contributed by atoms with Crippen LogP contribution < -0.4 is 0 Å². The van der Waals surface area contributed by atoms with E-state index in [0.29, 0.717) is 5.78 Å². The quantitative estimate of drug-likeness (QED) is 0.540. The smallest absolute Gasteiger partial charge is 0.169 e. The molecule has 1 aromatic rings. The number of hydrogen-bond donors (Lipinski definition) is 0. The maximum Gasteiger partial charge on any atom is 0.169 e. The molecule has 2 rings (SSSR count). The first-order chi connectivity index (χ1) is 7.67. The molecule has 0 saturated carbocycles. The molecule has 1 nitrogen and oxygen atoms in total. The molecule has 1 aliphatic rings. The van der Waals surface area contributed by atoms with E-state index in [0.717, 1.165) is 31.2 Å². The maximum absolute atomic E-state index is 12.5. The summed E-state index contributed by atoms with van der Waals surface area (Å²) >= 11 is 0. The average Bonchev–Trinajstić information content (AvgIpc) is 2.40. The molecule has 0 aromatic heterocycles. The molecule has 1 heteroatoms. The van der Waals surface area contributed by atoms with E-state index in [2.05, 4.69) is 19.6 Å². The summed E-state index contributed by atoms with van der Waals surface area (Å²) in [5.41, 5.74) is 1.89. The van der Waals surface area contributed by atoms with Crippen LogP contribution in [0.3, 0.4) is 0 Å². The molecule has 1 aromatic carbocycles. The number of hydrogen-bond acceptors (Lipinski definition) is 1. The first-order valence-electron chi connectivity index (χ1n) is 5.91. The number of Topliss-reactive ketones (excluding diaryl/α,β-unsaturated/α-hetero) is 1. The van der Waals surface area contributed by atoms with E-state index in [1.807, 2.05) is 24.3 Å². The van der Waals surface area contributed by atoms with Gasteiger partial charge in [-0.2, -0.15) is 0 Å². The highest BCUT2D eigenvalue weighted by Gasteiger charge is 2.35. The van der Waals surface area contributed by atoms with Crippen LogP contribution in [-0.2, 0) is 6.42 Å². The number of benzene rings is 1. The van der Waals surface area contributed by atoms with Gasteiger partial charge >= 0.3 is 0 Å². The Morgan fingerprint density at radius 1 is 1.44 bits per heavy atom. The van der Waals surface area contributed by atoms with Crippen molar-refractivity contribution >= 4 is 5.78 Å². The normalized spacial score (nSPS) is 24.7. The molecule has 0 radical (unpaired) electrons. The molecule has 0 spiro atoms. The van der Waals surface area contributed by atoms with Crippen molar-refractivity contribution in [2.24, 2.45) is 5.41 Å². The molecule has 0 amide bonds. The number of carbonyl (C=O) groups excluding carboxylic acids is 1. The molecule has 0 unspecified atom stereocenters. The molecule has 16 heavy (non-hydrogen) atoms. The van der Waals surface area contributed by atoms with Crippen LogP contribution in [0.4, 0.5) is 0 Å².